The average molecular weight is 241 g/mol. The van der Waals surface area contributed by atoms with E-state index in [0.717, 1.165) is 25.1 Å². The van der Waals surface area contributed by atoms with Gasteiger partial charge in [0, 0.05) is 6.04 Å². The van der Waals surface area contributed by atoms with Gasteiger partial charge in [-0.2, -0.15) is 0 Å². The molecule has 0 spiro atoms. The molecule has 4 heteroatoms. The van der Waals surface area contributed by atoms with E-state index in [-0.39, 0.29) is 5.41 Å². The number of aromatic nitrogens is 2. The quantitative estimate of drug-likeness (QED) is 0.860. The van der Waals surface area contributed by atoms with Gasteiger partial charge in [-0.05, 0) is 36.3 Å². The van der Waals surface area contributed by atoms with Gasteiger partial charge in [-0.1, -0.05) is 39.1 Å². The predicted octanol–water partition coefficient (Wildman–Crippen LogP) is 3.19. The van der Waals surface area contributed by atoms with Crippen molar-refractivity contribution in [1.82, 2.24) is 14.9 Å². The van der Waals surface area contributed by atoms with E-state index in [9.17, 15) is 0 Å². The normalized spacial score (nSPS) is 14.1. The fourth-order valence-corrected chi connectivity index (χ4v) is 2.82. The summed E-state index contributed by atoms with van der Waals surface area (Å²) in [5.41, 5.74) is 1.35. The molecule has 0 amide bonds. The van der Waals surface area contributed by atoms with Crippen molar-refractivity contribution < 1.29 is 0 Å². The Morgan fingerprint density at radius 3 is 2.50 bits per heavy atom. The van der Waals surface area contributed by atoms with E-state index < -0.39 is 0 Å². The number of nitrogens with one attached hydrogen (secondary N) is 1. The van der Waals surface area contributed by atoms with Crippen LogP contribution in [-0.2, 0) is 6.42 Å². The van der Waals surface area contributed by atoms with E-state index in [1.54, 1.807) is 0 Å². The smallest absolute Gasteiger partial charge is 0.0801 e. The molecule has 0 aliphatic carbocycles. The molecule has 0 radical (unpaired) electrons. The third kappa shape index (κ3) is 3.25. The van der Waals surface area contributed by atoms with Gasteiger partial charge in [0.05, 0.1) is 10.6 Å². The van der Waals surface area contributed by atoms with Gasteiger partial charge in [0.2, 0.25) is 0 Å². The number of rotatable bonds is 5. The summed E-state index contributed by atoms with van der Waals surface area (Å²) in [5, 5.41) is 7.82. The maximum absolute atomic E-state index is 4.21. The van der Waals surface area contributed by atoms with E-state index in [1.807, 2.05) is 0 Å². The van der Waals surface area contributed by atoms with Crippen LogP contribution in [0.1, 0.15) is 57.7 Å². The van der Waals surface area contributed by atoms with Crippen LogP contribution < -0.4 is 5.32 Å². The first-order valence-electron chi connectivity index (χ1n) is 6.05. The van der Waals surface area contributed by atoms with E-state index in [1.165, 1.54) is 16.4 Å². The Labute approximate surface area is 103 Å². The molecule has 1 aromatic rings. The number of hydrogen-bond acceptors (Lipinski definition) is 4. The van der Waals surface area contributed by atoms with Gasteiger partial charge >= 0.3 is 0 Å². The topological polar surface area (TPSA) is 37.8 Å². The van der Waals surface area contributed by atoms with Crippen LogP contribution in [0.3, 0.4) is 0 Å². The summed E-state index contributed by atoms with van der Waals surface area (Å²) in [6.07, 6.45) is 2.12. The highest BCUT2D eigenvalue weighted by Crippen LogP contribution is 2.35. The lowest BCUT2D eigenvalue weighted by Crippen LogP contribution is -2.32. The first kappa shape index (κ1) is 13.6. The Kier molecular flexibility index (Phi) is 4.87. The van der Waals surface area contributed by atoms with Crippen molar-refractivity contribution in [3.8, 4) is 0 Å². The van der Waals surface area contributed by atoms with E-state index in [0.29, 0.717) is 6.04 Å². The third-order valence-electron chi connectivity index (χ3n) is 2.65. The molecule has 0 saturated carbocycles. The van der Waals surface area contributed by atoms with Crippen molar-refractivity contribution in [1.29, 1.82) is 0 Å². The second-order valence-corrected chi connectivity index (χ2v) is 5.98. The zero-order valence-electron chi connectivity index (χ0n) is 11.0. The molecule has 1 rings (SSSR count). The van der Waals surface area contributed by atoms with Gasteiger partial charge in [0.15, 0.2) is 0 Å². The van der Waals surface area contributed by atoms with Crippen molar-refractivity contribution in [2.45, 2.75) is 53.5 Å². The molecule has 0 fully saturated rings. The number of nitrogens with zero attached hydrogens (tertiary/aromatic N) is 2. The summed E-state index contributed by atoms with van der Waals surface area (Å²) in [4.78, 5) is 1.31. The fourth-order valence-electron chi connectivity index (χ4n) is 1.76. The van der Waals surface area contributed by atoms with Gasteiger partial charge in [-0.3, -0.25) is 0 Å². The van der Waals surface area contributed by atoms with Crippen LogP contribution in [-0.4, -0.2) is 16.1 Å². The Balaban J connectivity index is 2.92. The molecule has 1 N–H and O–H groups in total. The molecule has 0 saturated heterocycles. The lowest BCUT2D eigenvalue weighted by atomic mass is 9.85. The highest BCUT2D eigenvalue weighted by atomic mass is 32.1. The second kappa shape index (κ2) is 5.73. The minimum Gasteiger partial charge on any atom is -0.309 e. The van der Waals surface area contributed by atoms with Gasteiger partial charge in [-0.15, -0.1) is 5.10 Å². The molecular weight excluding hydrogens is 218 g/mol. The summed E-state index contributed by atoms with van der Waals surface area (Å²) in [6.45, 7) is 12.2. The summed E-state index contributed by atoms with van der Waals surface area (Å²) < 4.78 is 4.09. The van der Waals surface area contributed by atoms with Crippen molar-refractivity contribution >= 4 is 11.5 Å². The van der Waals surface area contributed by atoms with Gasteiger partial charge in [-0.25, -0.2) is 0 Å². The first-order valence-corrected chi connectivity index (χ1v) is 6.82. The molecule has 0 aromatic carbocycles. The fraction of sp³-hybridized carbons (Fsp3) is 0.833. The molecule has 16 heavy (non-hydrogen) atoms. The van der Waals surface area contributed by atoms with E-state index >= 15 is 0 Å². The average Bonchev–Trinajstić information content (AvgIpc) is 2.64. The lowest BCUT2D eigenvalue weighted by molar-refractivity contribution is 0.275. The van der Waals surface area contributed by atoms with Gasteiger partial charge < -0.3 is 5.32 Å². The Morgan fingerprint density at radius 2 is 2.00 bits per heavy atom. The first-order chi connectivity index (χ1) is 7.50. The molecule has 1 aromatic heterocycles. The van der Waals surface area contributed by atoms with Crippen LogP contribution in [0.25, 0.3) is 0 Å². The molecule has 1 atom stereocenters. The Hall–Kier alpha value is -0.480. The minimum atomic E-state index is 0.202. The monoisotopic (exact) mass is 241 g/mol. The highest BCUT2D eigenvalue weighted by Gasteiger charge is 2.29. The number of hydrogen-bond donors (Lipinski definition) is 1. The maximum atomic E-state index is 4.21. The Morgan fingerprint density at radius 1 is 1.31 bits per heavy atom. The molecule has 0 aliphatic heterocycles. The largest absolute Gasteiger partial charge is 0.309 e. The lowest BCUT2D eigenvalue weighted by Gasteiger charge is -2.31. The molecular formula is C12H23N3S. The standard InChI is InChI=1S/C12H23N3S/c1-6-8-13-11(12(3,4)5)10-9(7-2)14-15-16-10/h11,13H,6-8H2,1-5H3. The zero-order chi connectivity index (χ0) is 12.2. The molecule has 92 valence electrons. The van der Waals surface area contributed by atoms with Crippen LogP contribution in [0.2, 0.25) is 0 Å². The van der Waals surface area contributed by atoms with E-state index in [4.69, 9.17) is 0 Å². The summed E-state index contributed by atoms with van der Waals surface area (Å²) in [6, 6.07) is 0.363. The SMILES string of the molecule is CCCNC(c1snnc1CC)C(C)(C)C. The van der Waals surface area contributed by atoms with Crippen LogP contribution >= 0.6 is 11.5 Å². The minimum absolute atomic E-state index is 0.202. The Bertz CT molecular complexity index is 314. The summed E-state index contributed by atoms with van der Waals surface area (Å²) in [7, 11) is 0. The summed E-state index contributed by atoms with van der Waals surface area (Å²) in [5.74, 6) is 0. The van der Waals surface area contributed by atoms with Crippen molar-refractivity contribution in [2.75, 3.05) is 6.54 Å². The maximum Gasteiger partial charge on any atom is 0.0801 e. The van der Waals surface area contributed by atoms with Crippen LogP contribution in [0.15, 0.2) is 0 Å². The second-order valence-electron chi connectivity index (χ2n) is 5.19. The molecule has 0 bridgehead atoms. The zero-order valence-corrected chi connectivity index (χ0v) is 11.8. The number of aryl methyl sites for hydroxylation is 1. The van der Waals surface area contributed by atoms with E-state index in [2.05, 4.69) is 49.5 Å². The molecule has 3 nitrogen and oxygen atoms in total. The van der Waals surface area contributed by atoms with Gasteiger partial charge in [0.25, 0.3) is 0 Å². The third-order valence-corrected chi connectivity index (χ3v) is 3.48. The highest BCUT2D eigenvalue weighted by molar-refractivity contribution is 7.05. The summed E-state index contributed by atoms with van der Waals surface area (Å²) >= 11 is 1.54. The molecule has 1 unspecified atom stereocenters. The van der Waals surface area contributed by atoms with Gasteiger partial charge in [0.1, 0.15) is 0 Å². The van der Waals surface area contributed by atoms with Crippen molar-refractivity contribution in [2.24, 2.45) is 5.41 Å². The van der Waals surface area contributed by atoms with Crippen LogP contribution in [0.4, 0.5) is 0 Å². The van der Waals surface area contributed by atoms with Crippen LogP contribution in [0.5, 0.6) is 0 Å². The predicted molar refractivity (Wildman–Crippen MR) is 69.8 cm³/mol. The molecule has 1 heterocycles. The van der Waals surface area contributed by atoms with Crippen molar-refractivity contribution in [3.63, 3.8) is 0 Å². The van der Waals surface area contributed by atoms with Crippen LogP contribution in [0, 0.1) is 5.41 Å². The van der Waals surface area contributed by atoms with Crippen molar-refractivity contribution in [3.05, 3.63) is 10.6 Å². The molecule has 0 aliphatic rings.